The summed E-state index contributed by atoms with van der Waals surface area (Å²) in [6.45, 7) is 2.79. The Kier molecular flexibility index (Phi) is 6.37. The van der Waals surface area contributed by atoms with Gasteiger partial charge in [0.05, 0.1) is 17.7 Å². The highest BCUT2D eigenvalue weighted by molar-refractivity contribution is 5.91. The highest BCUT2D eigenvalue weighted by Gasteiger charge is 2.10. The molecule has 0 aliphatic heterocycles. The summed E-state index contributed by atoms with van der Waals surface area (Å²) in [5.41, 5.74) is 0.539. The molecule has 0 aromatic heterocycles. The Morgan fingerprint density at radius 1 is 0.875 bits per heavy atom. The van der Waals surface area contributed by atoms with E-state index in [1.165, 1.54) is 24.3 Å². The van der Waals surface area contributed by atoms with Gasteiger partial charge in [-0.25, -0.2) is 9.59 Å². The van der Waals surface area contributed by atoms with Crippen LogP contribution in [-0.4, -0.2) is 23.7 Å². The van der Waals surface area contributed by atoms with Crippen molar-refractivity contribution in [3.63, 3.8) is 0 Å². The molecule has 24 heavy (non-hydrogen) atoms. The van der Waals surface area contributed by atoms with Gasteiger partial charge in [0.1, 0.15) is 11.5 Å². The predicted molar refractivity (Wildman–Crippen MR) is 89.8 cm³/mol. The van der Waals surface area contributed by atoms with Gasteiger partial charge in [0, 0.05) is 0 Å². The molecule has 0 saturated carbocycles. The summed E-state index contributed by atoms with van der Waals surface area (Å²) < 4.78 is 10.8. The lowest BCUT2D eigenvalue weighted by atomic mass is 10.2. The first-order chi connectivity index (χ1) is 11.6. The van der Waals surface area contributed by atoms with Gasteiger partial charge in [-0.15, -0.1) is 0 Å². The molecule has 2 aromatic carbocycles. The van der Waals surface area contributed by atoms with Gasteiger partial charge in [0.25, 0.3) is 0 Å². The van der Waals surface area contributed by atoms with E-state index in [4.69, 9.17) is 14.6 Å². The average molecular weight is 328 g/mol. The van der Waals surface area contributed by atoms with Gasteiger partial charge in [-0.05, 0) is 55.0 Å². The molecular weight excluding hydrogens is 308 g/mol. The number of unbranched alkanes of at least 4 members (excludes halogenated alkanes) is 2. The maximum atomic E-state index is 12.1. The van der Waals surface area contributed by atoms with Crippen LogP contribution in [0.3, 0.4) is 0 Å². The molecule has 0 heterocycles. The lowest BCUT2D eigenvalue weighted by Crippen LogP contribution is -2.08. The van der Waals surface area contributed by atoms with Gasteiger partial charge in [-0.2, -0.15) is 0 Å². The number of hydrogen-bond donors (Lipinski definition) is 1. The normalized spacial score (nSPS) is 10.2. The second-order valence-corrected chi connectivity index (χ2v) is 5.30. The number of carbonyl (C=O) groups is 2. The summed E-state index contributed by atoms with van der Waals surface area (Å²) in [6, 6.07) is 12.4. The van der Waals surface area contributed by atoms with Gasteiger partial charge in [0.15, 0.2) is 0 Å². The molecule has 0 fully saturated rings. The van der Waals surface area contributed by atoms with Crippen molar-refractivity contribution in [2.24, 2.45) is 0 Å². The van der Waals surface area contributed by atoms with Crippen LogP contribution >= 0.6 is 0 Å². The number of rotatable bonds is 8. The molecular formula is C19H20O5. The number of carbonyl (C=O) groups excluding carboxylic acids is 1. The standard InChI is InChI=1S/C19H20O5/c1-2-3-4-13-23-16-9-7-15(8-10-16)19(22)24-17-11-5-14(6-12-17)18(20)21/h5-12H,2-4,13H2,1H3,(H,20,21). The zero-order valence-electron chi connectivity index (χ0n) is 13.5. The van der Waals surface area contributed by atoms with Crippen LogP contribution in [0.1, 0.15) is 46.9 Å². The van der Waals surface area contributed by atoms with Crippen LogP contribution in [0.15, 0.2) is 48.5 Å². The van der Waals surface area contributed by atoms with Crippen LogP contribution in [-0.2, 0) is 0 Å². The molecule has 126 valence electrons. The van der Waals surface area contributed by atoms with Gasteiger partial charge >= 0.3 is 11.9 Å². The molecule has 0 amide bonds. The quantitative estimate of drug-likeness (QED) is 0.447. The van der Waals surface area contributed by atoms with Crippen LogP contribution in [0.2, 0.25) is 0 Å². The van der Waals surface area contributed by atoms with Gasteiger partial charge < -0.3 is 14.6 Å². The van der Waals surface area contributed by atoms with Crippen LogP contribution in [0, 0.1) is 0 Å². The zero-order valence-corrected chi connectivity index (χ0v) is 13.5. The van der Waals surface area contributed by atoms with Crippen molar-refractivity contribution in [3.8, 4) is 11.5 Å². The van der Waals surface area contributed by atoms with E-state index in [2.05, 4.69) is 6.92 Å². The fourth-order valence-electron chi connectivity index (χ4n) is 2.06. The molecule has 0 aliphatic rings. The van der Waals surface area contributed by atoms with Crippen molar-refractivity contribution in [2.75, 3.05) is 6.61 Å². The number of carboxylic acid groups (broad SMARTS) is 1. The number of ether oxygens (including phenoxy) is 2. The fourth-order valence-corrected chi connectivity index (χ4v) is 2.06. The minimum absolute atomic E-state index is 0.138. The minimum atomic E-state index is -1.03. The Bertz CT molecular complexity index is 674. The molecule has 0 atom stereocenters. The summed E-state index contributed by atoms with van der Waals surface area (Å²) in [7, 11) is 0. The largest absolute Gasteiger partial charge is 0.494 e. The third-order valence-corrected chi connectivity index (χ3v) is 3.42. The third kappa shape index (κ3) is 5.12. The number of benzene rings is 2. The molecule has 0 unspecified atom stereocenters. The first kappa shape index (κ1) is 17.5. The minimum Gasteiger partial charge on any atom is -0.494 e. The average Bonchev–Trinajstić information content (AvgIpc) is 2.59. The highest BCUT2D eigenvalue weighted by Crippen LogP contribution is 2.17. The third-order valence-electron chi connectivity index (χ3n) is 3.42. The lowest BCUT2D eigenvalue weighted by Gasteiger charge is -2.07. The zero-order chi connectivity index (χ0) is 17.4. The van der Waals surface area contributed by atoms with E-state index in [-0.39, 0.29) is 5.56 Å². The molecule has 0 aliphatic carbocycles. The molecule has 0 bridgehead atoms. The van der Waals surface area contributed by atoms with Crippen molar-refractivity contribution in [1.82, 2.24) is 0 Å². The Balaban J connectivity index is 1.91. The van der Waals surface area contributed by atoms with E-state index < -0.39 is 11.9 Å². The Hall–Kier alpha value is -2.82. The number of carboxylic acids is 1. The molecule has 1 N–H and O–H groups in total. The maximum Gasteiger partial charge on any atom is 0.343 e. The molecule has 5 nitrogen and oxygen atoms in total. The van der Waals surface area contributed by atoms with E-state index in [9.17, 15) is 9.59 Å². The second kappa shape index (κ2) is 8.72. The summed E-state index contributed by atoms with van der Waals surface area (Å²) in [6.07, 6.45) is 3.28. The van der Waals surface area contributed by atoms with Gasteiger partial charge in [-0.1, -0.05) is 19.8 Å². The van der Waals surface area contributed by atoms with Crippen LogP contribution in [0.25, 0.3) is 0 Å². The highest BCUT2D eigenvalue weighted by atomic mass is 16.5. The first-order valence-corrected chi connectivity index (χ1v) is 7.88. The Labute approximate surface area is 140 Å². The summed E-state index contributed by atoms with van der Waals surface area (Å²) in [5, 5.41) is 8.83. The first-order valence-electron chi connectivity index (χ1n) is 7.88. The van der Waals surface area contributed by atoms with Gasteiger partial charge in [0.2, 0.25) is 0 Å². The van der Waals surface area contributed by atoms with Crippen molar-refractivity contribution in [1.29, 1.82) is 0 Å². The number of hydrogen-bond acceptors (Lipinski definition) is 4. The summed E-state index contributed by atoms with van der Waals surface area (Å²) in [5.74, 6) is -0.517. The maximum absolute atomic E-state index is 12.1. The molecule has 5 heteroatoms. The lowest BCUT2D eigenvalue weighted by molar-refractivity contribution is 0.0696. The molecule has 0 spiro atoms. The molecule has 0 saturated heterocycles. The summed E-state index contributed by atoms with van der Waals surface area (Å²) >= 11 is 0. The molecule has 2 aromatic rings. The monoisotopic (exact) mass is 328 g/mol. The smallest absolute Gasteiger partial charge is 0.343 e. The fraction of sp³-hybridized carbons (Fsp3) is 0.263. The van der Waals surface area contributed by atoms with Crippen molar-refractivity contribution in [3.05, 3.63) is 59.7 Å². The topological polar surface area (TPSA) is 72.8 Å². The number of aromatic carboxylic acids is 1. The van der Waals surface area contributed by atoms with Crippen molar-refractivity contribution in [2.45, 2.75) is 26.2 Å². The van der Waals surface area contributed by atoms with Gasteiger partial charge in [-0.3, -0.25) is 0 Å². The van der Waals surface area contributed by atoms with E-state index in [0.29, 0.717) is 23.7 Å². The van der Waals surface area contributed by atoms with Crippen LogP contribution in [0.5, 0.6) is 11.5 Å². The Morgan fingerprint density at radius 2 is 1.46 bits per heavy atom. The van der Waals surface area contributed by atoms with E-state index in [0.717, 1.165) is 19.3 Å². The van der Waals surface area contributed by atoms with Crippen LogP contribution < -0.4 is 9.47 Å². The predicted octanol–water partition coefficient (Wildman–Crippen LogP) is 4.17. The number of esters is 1. The van der Waals surface area contributed by atoms with E-state index in [1.807, 2.05) is 0 Å². The second-order valence-electron chi connectivity index (χ2n) is 5.30. The van der Waals surface area contributed by atoms with E-state index >= 15 is 0 Å². The SMILES string of the molecule is CCCCCOc1ccc(C(=O)Oc2ccc(C(=O)O)cc2)cc1. The Morgan fingerprint density at radius 3 is 2.04 bits per heavy atom. The van der Waals surface area contributed by atoms with Crippen molar-refractivity contribution >= 4 is 11.9 Å². The van der Waals surface area contributed by atoms with Crippen LogP contribution in [0.4, 0.5) is 0 Å². The molecule has 0 radical (unpaired) electrons. The van der Waals surface area contributed by atoms with Crippen molar-refractivity contribution < 1.29 is 24.2 Å². The summed E-state index contributed by atoms with van der Waals surface area (Å²) in [4.78, 5) is 22.8. The molecule has 2 rings (SSSR count). The van der Waals surface area contributed by atoms with E-state index in [1.54, 1.807) is 24.3 Å².